The normalized spacial score (nSPS) is 11.5. The van der Waals surface area contributed by atoms with Gasteiger partial charge in [0.2, 0.25) is 5.91 Å². The van der Waals surface area contributed by atoms with Crippen LogP contribution in [0.4, 0.5) is 5.00 Å². The molecule has 20 heavy (non-hydrogen) atoms. The van der Waals surface area contributed by atoms with E-state index >= 15 is 0 Å². The van der Waals surface area contributed by atoms with E-state index in [4.69, 9.17) is 5.73 Å². The Labute approximate surface area is 128 Å². The molecule has 3 N–H and O–H groups in total. The van der Waals surface area contributed by atoms with Crippen molar-refractivity contribution in [1.29, 1.82) is 0 Å². The molecule has 0 saturated carbocycles. The van der Waals surface area contributed by atoms with E-state index < -0.39 is 0 Å². The van der Waals surface area contributed by atoms with Crippen LogP contribution in [-0.4, -0.2) is 16.9 Å². The van der Waals surface area contributed by atoms with Crippen molar-refractivity contribution in [1.82, 2.24) is 4.98 Å². The van der Waals surface area contributed by atoms with Crippen LogP contribution < -0.4 is 11.1 Å². The zero-order chi connectivity index (χ0) is 13.7. The second-order valence-corrected chi connectivity index (χ2v) is 5.32. The van der Waals surface area contributed by atoms with E-state index in [2.05, 4.69) is 10.3 Å². The Morgan fingerprint density at radius 2 is 2.10 bits per heavy atom. The Bertz CT molecular complexity index is 542. The fourth-order valence-corrected chi connectivity index (χ4v) is 2.40. The van der Waals surface area contributed by atoms with Gasteiger partial charge in [-0.15, -0.1) is 23.7 Å². The van der Waals surface area contributed by atoms with Crippen molar-refractivity contribution < 1.29 is 4.79 Å². The summed E-state index contributed by atoms with van der Waals surface area (Å²) in [5.74, 6) is -0.0151. The van der Waals surface area contributed by atoms with Gasteiger partial charge in [0.15, 0.2) is 0 Å². The van der Waals surface area contributed by atoms with Crippen molar-refractivity contribution in [3.8, 4) is 11.3 Å². The van der Waals surface area contributed by atoms with Crippen LogP contribution in [0.1, 0.15) is 19.8 Å². The maximum atomic E-state index is 11.8. The summed E-state index contributed by atoms with van der Waals surface area (Å²) >= 11 is 1.43. The van der Waals surface area contributed by atoms with Crippen molar-refractivity contribution in [2.75, 3.05) is 5.32 Å². The minimum Gasteiger partial charge on any atom is -0.328 e. The molecule has 0 aliphatic heterocycles. The van der Waals surface area contributed by atoms with Gasteiger partial charge in [0.1, 0.15) is 10.7 Å². The summed E-state index contributed by atoms with van der Waals surface area (Å²) in [5.41, 5.74) is 9.21. The number of thiazole rings is 1. The Hall–Kier alpha value is -1.43. The number of nitrogens with two attached hydrogens (primary N) is 1. The molecule has 1 amide bonds. The lowest BCUT2D eigenvalue weighted by Crippen LogP contribution is -2.19. The fraction of sp³-hybridized carbons (Fsp3) is 0.286. The van der Waals surface area contributed by atoms with Crippen LogP contribution in [0.15, 0.2) is 35.8 Å². The van der Waals surface area contributed by atoms with E-state index in [-0.39, 0.29) is 24.4 Å². The number of carbonyl (C=O) groups excluding carboxylic acids is 1. The molecule has 0 aliphatic carbocycles. The van der Waals surface area contributed by atoms with E-state index in [0.717, 1.165) is 16.3 Å². The Kier molecular flexibility index (Phi) is 6.64. The van der Waals surface area contributed by atoms with Crippen molar-refractivity contribution in [2.24, 2.45) is 5.73 Å². The molecule has 4 nitrogen and oxygen atoms in total. The summed E-state index contributed by atoms with van der Waals surface area (Å²) in [6.07, 6.45) is 1.12. The molecule has 2 rings (SSSR count). The Balaban J connectivity index is 0.00000200. The third-order valence-electron chi connectivity index (χ3n) is 2.69. The molecule has 1 aromatic carbocycles. The number of hydrogen-bond acceptors (Lipinski definition) is 4. The largest absolute Gasteiger partial charge is 0.328 e. The number of carbonyl (C=O) groups is 1. The summed E-state index contributed by atoms with van der Waals surface area (Å²) in [6, 6.07) is 9.86. The summed E-state index contributed by atoms with van der Waals surface area (Å²) in [6.45, 7) is 1.90. The average molecular weight is 312 g/mol. The molecular weight excluding hydrogens is 294 g/mol. The van der Waals surface area contributed by atoms with Crippen LogP contribution in [0.5, 0.6) is 0 Å². The molecule has 1 aromatic heterocycles. The fourth-order valence-electron chi connectivity index (χ4n) is 1.68. The maximum Gasteiger partial charge on any atom is 0.225 e. The number of rotatable bonds is 5. The van der Waals surface area contributed by atoms with Gasteiger partial charge in [-0.1, -0.05) is 30.3 Å². The first kappa shape index (κ1) is 16.6. The van der Waals surface area contributed by atoms with Crippen LogP contribution in [0.3, 0.4) is 0 Å². The first-order chi connectivity index (χ1) is 9.16. The number of benzene rings is 1. The van der Waals surface area contributed by atoms with E-state index in [1.165, 1.54) is 11.3 Å². The van der Waals surface area contributed by atoms with Crippen LogP contribution in [0, 0.1) is 0 Å². The first-order valence-corrected chi connectivity index (χ1v) is 7.09. The molecular formula is C14H18ClN3OS. The molecule has 0 bridgehead atoms. The quantitative estimate of drug-likeness (QED) is 0.890. The van der Waals surface area contributed by atoms with Gasteiger partial charge in [-0.05, 0) is 13.3 Å². The van der Waals surface area contributed by atoms with Crippen molar-refractivity contribution in [3.63, 3.8) is 0 Å². The molecule has 0 saturated heterocycles. The number of nitrogens with one attached hydrogen (secondary N) is 1. The van der Waals surface area contributed by atoms with Gasteiger partial charge >= 0.3 is 0 Å². The highest BCUT2D eigenvalue weighted by Gasteiger charge is 2.11. The van der Waals surface area contributed by atoms with E-state index in [1.54, 1.807) is 5.51 Å². The van der Waals surface area contributed by atoms with Crippen LogP contribution in [0.2, 0.25) is 0 Å². The first-order valence-electron chi connectivity index (χ1n) is 6.21. The standard InChI is InChI=1S/C14H17N3OS.ClH/c1-10(15)7-8-12(18)17-14-13(16-9-19-14)11-5-3-2-4-6-11;/h2-6,9-10H,7-8,15H2,1H3,(H,17,18);1H. The highest BCUT2D eigenvalue weighted by molar-refractivity contribution is 7.14. The number of amides is 1. The summed E-state index contributed by atoms with van der Waals surface area (Å²) in [5, 5.41) is 3.70. The lowest BCUT2D eigenvalue weighted by molar-refractivity contribution is -0.116. The van der Waals surface area contributed by atoms with Crippen LogP contribution in [0.25, 0.3) is 11.3 Å². The molecule has 1 unspecified atom stereocenters. The number of nitrogens with zero attached hydrogens (tertiary/aromatic N) is 1. The summed E-state index contributed by atoms with van der Waals surface area (Å²) < 4.78 is 0. The number of halogens is 1. The lowest BCUT2D eigenvalue weighted by Gasteiger charge is -2.07. The monoisotopic (exact) mass is 311 g/mol. The zero-order valence-corrected chi connectivity index (χ0v) is 12.8. The van der Waals surface area contributed by atoms with Gasteiger partial charge in [-0.3, -0.25) is 4.79 Å². The molecule has 0 aliphatic rings. The molecule has 108 valence electrons. The van der Waals surface area contributed by atoms with Gasteiger partial charge < -0.3 is 11.1 Å². The smallest absolute Gasteiger partial charge is 0.225 e. The molecule has 1 atom stereocenters. The third kappa shape index (κ3) is 4.59. The number of aromatic nitrogens is 1. The van der Waals surface area contributed by atoms with Crippen molar-refractivity contribution >= 4 is 34.7 Å². The van der Waals surface area contributed by atoms with E-state index in [1.807, 2.05) is 37.3 Å². The molecule has 2 aromatic rings. The van der Waals surface area contributed by atoms with Crippen molar-refractivity contribution in [2.45, 2.75) is 25.8 Å². The molecule has 0 fully saturated rings. The van der Waals surface area contributed by atoms with Gasteiger partial charge in [-0.2, -0.15) is 0 Å². The van der Waals surface area contributed by atoms with Crippen molar-refractivity contribution in [3.05, 3.63) is 35.8 Å². The minimum atomic E-state index is -0.0151. The highest BCUT2D eigenvalue weighted by atomic mass is 35.5. The third-order valence-corrected chi connectivity index (χ3v) is 3.44. The maximum absolute atomic E-state index is 11.8. The van der Waals surface area contributed by atoms with Crippen LogP contribution in [-0.2, 0) is 4.79 Å². The zero-order valence-electron chi connectivity index (χ0n) is 11.2. The van der Waals surface area contributed by atoms with Gasteiger partial charge in [-0.25, -0.2) is 4.98 Å². The van der Waals surface area contributed by atoms with Gasteiger partial charge in [0.05, 0.1) is 5.51 Å². The Morgan fingerprint density at radius 3 is 2.75 bits per heavy atom. The number of hydrogen-bond donors (Lipinski definition) is 2. The lowest BCUT2D eigenvalue weighted by atomic mass is 10.1. The molecule has 1 heterocycles. The second-order valence-electron chi connectivity index (χ2n) is 4.46. The molecule has 6 heteroatoms. The minimum absolute atomic E-state index is 0. The predicted octanol–water partition coefficient (Wildman–Crippen LogP) is 3.30. The highest BCUT2D eigenvalue weighted by Crippen LogP contribution is 2.30. The van der Waals surface area contributed by atoms with Gasteiger partial charge in [0.25, 0.3) is 0 Å². The molecule has 0 radical (unpaired) electrons. The topological polar surface area (TPSA) is 68.0 Å². The van der Waals surface area contributed by atoms with E-state index in [0.29, 0.717) is 12.8 Å². The second kappa shape index (κ2) is 7.99. The average Bonchev–Trinajstić information content (AvgIpc) is 2.85. The van der Waals surface area contributed by atoms with Gasteiger partial charge in [0, 0.05) is 18.0 Å². The van der Waals surface area contributed by atoms with E-state index in [9.17, 15) is 4.79 Å². The summed E-state index contributed by atoms with van der Waals surface area (Å²) in [4.78, 5) is 16.1. The number of anilines is 1. The SMILES string of the molecule is CC(N)CCC(=O)Nc1scnc1-c1ccccc1.Cl. The van der Waals surface area contributed by atoms with Crippen LogP contribution >= 0.6 is 23.7 Å². The predicted molar refractivity (Wildman–Crippen MR) is 86.3 cm³/mol. The summed E-state index contributed by atoms with van der Waals surface area (Å²) in [7, 11) is 0. The Morgan fingerprint density at radius 1 is 1.40 bits per heavy atom. The molecule has 0 spiro atoms.